The molecule has 1 aliphatic carbocycles. The molecule has 2 aromatic rings. The van der Waals surface area contributed by atoms with E-state index >= 15 is 0 Å². The highest BCUT2D eigenvalue weighted by atomic mass is 32.2. The number of halogens is 3. The third-order valence-corrected chi connectivity index (χ3v) is 6.94. The monoisotopic (exact) mass is 452 g/mol. The highest BCUT2D eigenvalue weighted by Gasteiger charge is 2.32. The number of carbonyl (C=O) groups excluding carboxylic acids is 1. The van der Waals surface area contributed by atoms with Crippen LogP contribution in [-0.4, -0.2) is 51.7 Å². The van der Waals surface area contributed by atoms with Gasteiger partial charge in [0, 0.05) is 43.7 Å². The number of hydrogen-bond donors (Lipinski definition) is 0. The van der Waals surface area contributed by atoms with Gasteiger partial charge in [0.1, 0.15) is 0 Å². The summed E-state index contributed by atoms with van der Waals surface area (Å²) in [6.45, 7) is 1.80. The van der Waals surface area contributed by atoms with Crippen LogP contribution in [0.25, 0.3) is 0 Å². The largest absolute Gasteiger partial charge is 0.416 e. The molecule has 0 N–H and O–H groups in total. The van der Waals surface area contributed by atoms with E-state index in [0.29, 0.717) is 43.3 Å². The second-order valence-electron chi connectivity index (χ2n) is 8.12. The Balaban J connectivity index is 1.48. The fourth-order valence-corrected chi connectivity index (χ4v) is 4.55. The lowest BCUT2D eigenvalue weighted by Crippen LogP contribution is -2.49. The summed E-state index contributed by atoms with van der Waals surface area (Å²) in [7, 11) is -3.43. The fraction of sp³-hybridized carbons (Fsp3) is 0.409. The van der Waals surface area contributed by atoms with Crippen molar-refractivity contribution in [1.82, 2.24) is 4.90 Å². The summed E-state index contributed by atoms with van der Waals surface area (Å²) in [6, 6.07) is 9.80. The van der Waals surface area contributed by atoms with Crippen molar-refractivity contribution in [3.63, 3.8) is 0 Å². The molecule has 1 amide bonds. The number of hydrogen-bond acceptors (Lipinski definition) is 4. The second kappa shape index (κ2) is 7.85. The molecule has 2 aliphatic rings. The van der Waals surface area contributed by atoms with E-state index in [-0.39, 0.29) is 10.8 Å². The number of benzene rings is 2. The van der Waals surface area contributed by atoms with Crippen molar-refractivity contribution in [3.8, 4) is 0 Å². The summed E-state index contributed by atoms with van der Waals surface area (Å²) in [5.41, 5.74) is 1.32. The van der Waals surface area contributed by atoms with Crippen LogP contribution in [0, 0.1) is 0 Å². The van der Waals surface area contributed by atoms with Gasteiger partial charge in [0.15, 0.2) is 9.84 Å². The standard InChI is InChI=1S/C22H23F3N2O3S/c1-31(29,30)18-8-9-19(15-2-3-15)20(14-18)21(28)27-12-10-26(11-13-27)17-6-4-16(5-7-17)22(23,24)25/h4-9,14-15H,2-3,10-13H2,1H3. The van der Waals surface area contributed by atoms with Crippen LogP contribution >= 0.6 is 0 Å². The van der Waals surface area contributed by atoms with E-state index in [1.165, 1.54) is 18.2 Å². The first-order valence-electron chi connectivity index (χ1n) is 10.1. The van der Waals surface area contributed by atoms with Gasteiger partial charge in [-0.25, -0.2) is 8.42 Å². The maximum absolute atomic E-state index is 13.2. The molecule has 5 nitrogen and oxygen atoms in total. The van der Waals surface area contributed by atoms with Gasteiger partial charge in [0.05, 0.1) is 10.5 Å². The Hall–Kier alpha value is -2.55. The van der Waals surface area contributed by atoms with Gasteiger partial charge in [-0.3, -0.25) is 4.79 Å². The van der Waals surface area contributed by atoms with E-state index in [0.717, 1.165) is 36.8 Å². The first-order valence-corrected chi connectivity index (χ1v) is 12.0. The predicted molar refractivity (Wildman–Crippen MR) is 111 cm³/mol. The molecule has 1 heterocycles. The van der Waals surface area contributed by atoms with E-state index in [1.54, 1.807) is 17.0 Å². The zero-order valence-corrected chi connectivity index (χ0v) is 17.8. The minimum Gasteiger partial charge on any atom is -0.368 e. The van der Waals surface area contributed by atoms with Gasteiger partial charge < -0.3 is 9.80 Å². The van der Waals surface area contributed by atoms with Crippen molar-refractivity contribution in [2.24, 2.45) is 0 Å². The third-order valence-electron chi connectivity index (χ3n) is 5.83. The van der Waals surface area contributed by atoms with Crippen molar-refractivity contribution >= 4 is 21.4 Å². The van der Waals surface area contributed by atoms with Gasteiger partial charge in [-0.2, -0.15) is 13.2 Å². The van der Waals surface area contributed by atoms with Crippen LogP contribution in [0.5, 0.6) is 0 Å². The van der Waals surface area contributed by atoms with E-state index in [1.807, 2.05) is 4.90 Å². The van der Waals surface area contributed by atoms with Crippen LogP contribution in [0.15, 0.2) is 47.4 Å². The Bertz CT molecular complexity index is 1090. The molecule has 1 saturated carbocycles. The number of nitrogens with zero attached hydrogens (tertiary/aromatic N) is 2. The van der Waals surface area contributed by atoms with Gasteiger partial charge in [-0.05, 0) is 60.7 Å². The van der Waals surface area contributed by atoms with E-state index in [2.05, 4.69) is 0 Å². The molecule has 0 unspecified atom stereocenters. The molecule has 1 aliphatic heterocycles. The third kappa shape index (κ3) is 4.71. The average Bonchev–Trinajstić information content (AvgIpc) is 3.57. The summed E-state index contributed by atoms with van der Waals surface area (Å²) in [6.07, 6.45) is -1.28. The molecular weight excluding hydrogens is 429 g/mol. The number of sulfone groups is 1. The molecule has 31 heavy (non-hydrogen) atoms. The van der Waals surface area contributed by atoms with Crippen LogP contribution in [0.1, 0.15) is 40.2 Å². The quantitative estimate of drug-likeness (QED) is 0.705. The van der Waals surface area contributed by atoms with Gasteiger partial charge in [0.2, 0.25) is 0 Å². The normalized spacial score (nSPS) is 17.7. The molecule has 0 spiro atoms. The lowest BCUT2D eigenvalue weighted by atomic mass is 10.0. The van der Waals surface area contributed by atoms with Gasteiger partial charge in [0.25, 0.3) is 5.91 Å². The van der Waals surface area contributed by atoms with Crippen LogP contribution in [0.3, 0.4) is 0 Å². The summed E-state index contributed by atoms with van der Waals surface area (Å²) in [4.78, 5) is 17.0. The number of piperazine rings is 1. The molecule has 2 aromatic carbocycles. The van der Waals surface area contributed by atoms with E-state index in [4.69, 9.17) is 0 Å². The zero-order valence-electron chi connectivity index (χ0n) is 17.0. The number of alkyl halides is 3. The maximum atomic E-state index is 13.2. The summed E-state index contributed by atoms with van der Waals surface area (Å²) >= 11 is 0. The van der Waals surface area contributed by atoms with Gasteiger partial charge in [-0.1, -0.05) is 6.07 Å². The Morgan fingerprint density at radius 3 is 2.10 bits per heavy atom. The summed E-state index contributed by atoms with van der Waals surface area (Å²) in [5, 5.41) is 0. The van der Waals surface area contributed by atoms with Crippen LogP contribution in [-0.2, 0) is 16.0 Å². The molecule has 0 atom stereocenters. The van der Waals surface area contributed by atoms with Crippen LogP contribution in [0.2, 0.25) is 0 Å². The Morgan fingerprint density at radius 2 is 1.58 bits per heavy atom. The number of amides is 1. The molecule has 0 aromatic heterocycles. The molecule has 2 fully saturated rings. The first kappa shape index (κ1) is 21.7. The first-order chi connectivity index (χ1) is 14.5. The lowest BCUT2D eigenvalue weighted by Gasteiger charge is -2.36. The Labute approximate surface area is 179 Å². The highest BCUT2D eigenvalue weighted by molar-refractivity contribution is 7.90. The highest BCUT2D eigenvalue weighted by Crippen LogP contribution is 2.42. The maximum Gasteiger partial charge on any atom is 0.416 e. The van der Waals surface area contributed by atoms with E-state index < -0.39 is 21.6 Å². The van der Waals surface area contributed by atoms with Crippen LogP contribution in [0.4, 0.5) is 18.9 Å². The molecular formula is C22H23F3N2O3S. The van der Waals surface area contributed by atoms with Gasteiger partial charge in [-0.15, -0.1) is 0 Å². The van der Waals surface area contributed by atoms with Crippen molar-refractivity contribution in [2.75, 3.05) is 37.3 Å². The van der Waals surface area contributed by atoms with Crippen molar-refractivity contribution < 1.29 is 26.4 Å². The Morgan fingerprint density at radius 1 is 0.968 bits per heavy atom. The van der Waals surface area contributed by atoms with Crippen LogP contribution < -0.4 is 4.90 Å². The van der Waals surface area contributed by atoms with Crippen molar-refractivity contribution in [1.29, 1.82) is 0 Å². The second-order valence-corrected chi connectivity index (χ2v) is 10.1. The van der Waals surface area contributed by atoms with Gasteiger partial charge >= 0.3 is 6.18 Å². The molecule has 166 valence electrons. The smallest absolute Gasteiger partial charge is 0.368 e. The molecule has 0 bridgehead atoms. The van der Waals surface area contributed by atoms with Crippen molar-refractivity contribution in [3.05, 3.63) is 59.2 Å². The molecule has 0 radical (unpaired) electrons. The minimum atomic E-state index is -4.37. The summed E-state index contributed by atoms with van der Waals surface area (Å²) in [5.74, 6) is 0.0977. The van der Waals surface area contributed by atoms with E-state index in [9.17, 15) is 26.4 Å². The zero-order chi connectivity index (χ0) is 22.4. The topological polar surface area (TPSA) is 57.7 Å². The SMILES string of the molecule is CS(=O)(=O)c1ccc(C2CC2)c(C(=O)N2CCN(c3ccc(C(F)(F)F)cc3)CC2)c1. The predicted octanol–water partition coefficient (Wildman–Crippen LogP) is 3.95. The Kier molecular flexibility index (Phi) is 5.49. The fourth-order valence-electron chi connectivity index (χ4n) is 3.90. The minimum absolute atomic E-state index is 0.128. The number of carbonyl (C=O) groups is 1. The molecule has 1 saturated heterocycles. The lowest BCUT2D eigenvalue weighted by molar-refractivity contribution is -0.137. The molecule has 9 heteroatoms. The number of rotatable bonds is 4. The average molecular weight is 452 g/mol. The summed E-state index contributed by atoms with van der Waals surface area (Å²) < 4.78 is 62.2. The number of anilines is 1. The molecule has 4 rings (SSSR count). The van der Waals surface area contributed by atoms with Crippen molar-refractivity contribution in [2.45, 2.75) is 29.8 Å².